The van der Waals surface area contributed by atoms with E-state index in [0.29, 0.717) is 0 Å². The Labute approximate surface area is 125 Å². The zero-order chi connectivity index (χ0) is 11.0. The van der Waals surface area contributed by atoms with Crippen molar-refractivity contribution < 1.29 is 0 Å². The molecule has 2 nitrogen and oxygen atoms in total. The normalized spacial score (nSPS) is 10.1. The van der Waals surface area contributed by atoms with Crippen molar-refractivity contribution in [3.8, 4) is 5.69 Å². The third-order valence-electron chi connectivity index (χ3n) is 2.48. The molecule has 0 aliphatic carbocycles. The molecule has 0 atom stereocenters. The first kappa shape index (κ1) is 12.8. The van der Waals surface area contributed by atoms with Gasteiger partial charge in [-0.05, 0) is 0 Å². The maximum absolute atomic E-state index is 12.1. The fraction of sp³-hybridized carbons (Fsp3) is 0. The van der Waals surface area contributed by atoms with Crippen LogP contribution in [-0.4, -0.2) is 45.6 Å². The van der Waals surface area contributed by atoms with Crippen LogP contribution in [0.5, 0.6) is 0 Å². The summed E-state index contributed by atoms with van der Waals surface area (Å²) in [5.41, 5.74) is 1.12. The quantitative estimate of drug-likeness (QED) is 0.476. The molecule has 3 aromatic rings. The Hall–Kier alpha value is -0.648. The van der Waals surface area contributed by atoms with Crippen LogP contribution in [0.25, 0.3) is 15.3 Å². The molecule has 3 rings (SSSR count). The summed E-state index contributed by atoms with van der Waals surface area (Å²) in [7, 11) is 0. The number of nitrogens with zero attached hydrogens (tertiary/aromatic N) is 1. The first-order chi connectivity index (χ1) is 7.86. The van der Waals surface area contributed by atoms with E-state index in [4.69, 9.17) is 0 Å². The predicted octanol–water partition coefficient (Wildman–Crippen LogP) is 1.13. The second-order valence-electron chi connectivity index (χ2n) is 3.52. The molecule has 0 spiro atoms. The monoisotopic (exact) mass is 485 g/mol. The van der Waals surface area contributed by atoms with Gasteiger partial charge >= 0.3 is 126 Å². The number of aromatic nitrogens is 1. The molecule has 84 valence electrons. The number of fused-ring (bicyclic) bond motifs is 1. The van der Waals surface area contributed by atoms with Gasteiger partial charge < -0.3 is 0 Å². The summed E-state index contributed by atoms with van der Waals surface area (Å²) in [5, 5.41) is 0.853. The summed E-state index contributed by atoms with van der Waals surface area (Å²) in [6.07, 6.45) is 0. The van der Waals surface area contributed by atoms with Gasteiger partial charge in [0.1, 0.15) is 0 Å². The standard InChI is InChI=1S/C13H9NOSe.Pb.2H/c15-13-11-8-4-5-9-12(11)16-14(13)10-6-2-1-3-7-10;;;/h1-9H;;;. The molecule has 0 N–H and O–H groups in total. The fourth-order valence-electron chi connectivity index (χ4n) is 1.71. The summed E-state index contributed by atoms with van der Waals surface area (Å²) < 4.78 is 3.04. The minimum atomic E-state index is 0. The predicted molar refractivity (Wildman–Crippen MR) is 75.0 cm³/mol. The van der Waals surface area contributed by atoms with E-state index in [1.165, 1.54) is 4.26 Å². The van der Waals surface area contributed by atoms with E-state index in [9.17, 15) is 4.79 Å². The molecule has 0 unspecified atom stereocenters. The molecule has 0 fully saturated rings. The summed E-state index contributed by atoms with van der Waals surface area (Å²) in [6, 6.07) is 17.7. The van der Waals surface area contributed by atoms with Crippen molar-refractivity contribution in [3.63, 3.8) is 0 Å². The van der Waals surface area contributed by atoms with Crippen molar-refractivity contribution in [2.45, 2.75) is 0 Å². The van der Waals surface area contributed by atoms with E-state index in [-0.39, 0.29) is 47.6 Å². The molecule has 2 aromatic carbocycles. The van der Waals surface area contributed by atoms with Crippen molar-refractivity contribution in [1.29, 1.82) is 0 Å². The molecule has 0 aliphatic rings. The van der Waals surface area contributed by atoms with Crippen LogP contribution >= 0.6 is 0 Å². The number of para-hydroxylation sites is 1. The molecule has 2 radical (unpaired) electrons. The van der Waals surface area contributed by atoms with Gasteiger partial charge in [0.15, 0.2) is 0 Å². The average molecular weight is 483 g/mol. The van der Waals surface area contributed by atoms with Gasteiger partial charge in [0.25, 0.3) is 0 Å². The zero-order valence-corrected chi connectivity index (χ0v) is 16.4. The van der Waals surface area contributed by atoms with Crippen LogP contribution in [0.3, 0.4) is 0 Å². The van der Waals surface area contributed by atoms with E-state index < -0.39 is 0 Å². The molecule has 0 saturated carbocycles. The topological polar surface area (TPSA) is 22.0 Å². The first-order valence-corrected chi connectivity index (χ1v) is 6.65. The van der Waals surface area contributed by atoms with Crippen LogP contribution in [0.1, 0.15) is 0 Å². The Balaban J connectivity index is 0.00000108. The molecule has 0 aliphatic heterocycles. The number of benzene rings is 2. The van der Waals surface area contributed by atoms with Gasteiger partial charge in [-0.3, -0.25) is 0 Å². The van der Waals surface area contributed by atoms with Crippen molar-refractivity contribution in [2.75, 3.05) is 0 Å². The van der Waals surface area contributed by atoms with Gasteiger partial charge in [0.05, 0.1) is 0 Å². The summed E-state index contributed by atoms with van der Waals surface area (Å²) >= 11 is 0.0784. The second-order valence-corrected chi connectivity index (χ2v) is 5.59. The van der Waals surface area contributed by atoms with E-state index in [1.807, 2.05) is 58.2 Å². The zero-order valence-electron chi connectivity index (χ0n) is 9.17. The van der Waals surface area contributed by atoms with Gasteiger partial charge in [-0.15, -0.1) is 0 Å². The molecule has 0 saturated heterocycles. The number of hydrogen-bond donors (Lipinski definition) is 0. The van der Waals surface area contributed by atoms with Crippen LogP contribution in [0.2, 0.25) is 0 Å². The Morgan fingerprint density at radius 2 is 1.53 bits per heavy atom. The molecule has 4 heteroatoms. The van der Waals surface area contributed by atoms with Crippen molar-refractivity contribution >= 4 is 51.7 Å². The van der Waals surface area contributed by atoms with Crippen molar-refractivity contribution in [1.82, 2.24) is 3.56 Å². The Morgan fingerprint density at radius 1 is 0.882 bits per heavy atom. The molecule has 17 heavy (non-hydrogen) atoms. The third kappa shape index (κ3) is 2.32. The summed E-state index contributed by atoms with van der Waals surface area (Å²) in [4.78, 5) is 12.1. The first-order valence-electron chi connectivity index (χ1n) is 5.03. The van der Waals surface area contributed by atoms with Crippen LogP contribution < -0.4 is 5.56 Å². The Kier molecular flexibility index (Phi) is 4.01. The average Bonchev–Trinajstić information content (AvgIpc) is 2.69. The van der Waals surface area contributed by atoms with Gasteiger partial charge in [-0.2, -0.15) is 0 Å². The third-order valence-corrected chi connectivity index (χ3v) is 4.82. The van der Waals surface area contributed by atoms with Gasteiger partial charge in [-0.25, -0.2) is 0 Å². The number of hydrogen-bond acceptors (Lipinski definition) is 1. The SMILES string of the molecule is O=c1c2ccccc2[se]n1-c1ccccc1.[PbH2]. The molecular weight excluding hydrogens is 472 g/mol. The second kappa shape index (κ2) is 5.33. The van der Waals surface area contributed by atoms with Gasteiger partial charge in [0.2, 0.25) is 0 Å². The Bertz CT molecular complexity index is 687. The van der Waals surface area contributed by atoms with Gasteiger partial charge in [-0.1, -0.05) is 0 Å². The van der Waals surface area contributed by atoms with Crippen LogP contribution in [-0.2, 0) is 0 Å². The van der Waals surface area contributed by atoms with E-state index >= 15 is 0 Å². The van der Waals surface area contributed by atoms with Crippen molar-refractivity contribution in [3.05, 3.63) is 65.0 Å². The van der Waals surface area contributed by atoms with Crippen LogP contribution in [0.15, 0.2) is 59.4 Å². The molecule has 1 aromatic heterocycles. The van der Waals surface area contributed by atoms with E-state index in [1.54, 1.807) is 0 Å². The summed E-state index contributed by atoms with van der Waals surface area (Å²) in [6.45, 7) is 0. The fourth-order valence-corrected chi connectivity index (χ4v) is 3.80. The van der Waals surface area contributed by atoms with Crippen LogP contribution in [0, 0.1) is 0 Å². The van der Waals surface area contributed by atoms with Gasteiger partial charge in [0, 0.05) is 0 Å². The van der Waals surface area contributed by atoms with Crippen molar-refractivity contribution in [2.24, 2.45) is 0 Å². The number of rotatable bonds is 1. The maximum atomic E-state index is 12.1. The minimum absolute atomic E-state index is 0. The molecule has 0 amide bonds. The molecular formula is C13H11NOPbSe. The van der Waals surface area contributed by atoms with E-state index in [0.717, 1.165) is 11.1 Å². The summed E-state index contributed by atoms with van der Waals surface area (Å²) in [5.74, 6) is 0. The van der Waals surface area contributed by atoms with Crippen LogP contribution in [0.4, 0.5) is 0 Å². The van der Waals surface area contributed by atoms with E-state index in [2.05, 4.69) is 0 Å². The molecule has 0 bridgehead atoms. The molecule has 1 heterocycles. The Morgan fingerprint density at radius 3 is 2.24 bits per heavy atom.